The summed E-state index contributed by atoms with van der Waals surface area (Å²) in [7, 11) is 2.00. The van der Waals surface area contributed by atoms with Crippen molar-refractivity contribution < 1.29 is 9.50 Å². The normalized spacial score (nSPS) is 21.5. The number of hydrogen-bond donors (Lipinski definition) is 1. The van der Waals surface area contributed by atoms with Gasteiger partial charge in [0.1, 0.15) is 5.82 Å². The Morgan fingerprint density at radius 3 is 2.54 bits per heavy atom. The van der Waals surface area contributed by atoms with E-state index in [2.05, 4.69) is 23.8 Å². The van der Waals surface area contributed by atoms with Gasteiger partial charge in [0.2, 0.25) is 0 Å². The smallest absolute Gasteiger partial charge is 0.123 e. The molecule has 2 heterocycles. The van der Waals surface area contributed by atoms with Crippen molar-refractivity contribution in [3.63, 3.8) is 0 Å². The van der Waals surface area contributed by atoms with Gasteiger partial charge in [0.15, 0.2) is 0 Å². The Balaban J connectivity index is 1.89. The monoisotopic (exact) mass is 331 g/mol. The van der Waals surface area contributed by atoms with Crippen LogP contribution in [0.15, 0.2) is 24.3 Å². The van der Waals surface area contributed by atoms with Crippen LogP contribution in [0.2, 0.25) is 0 Å². The molecule has 3 rings (SSSR count). The van der Waals surface area contributed by atoms with Crippen molar-refractivity contribution >= 4 is 0 Å². The summed E-state index contributed by atoms with van der Waals surface area (Å²) in [5.41, 5.74) is 4.73. The predicted molar refractivity (Wildman–Crippen MR) is 92.1 cm³/mol. The van der Waals surface area contributed by atoms with Crippen LogP contribution in [0.25, 0.3) is 0 Å². The second-order valence-electron chi connectivity index (χ2n) is 6.59. The van der Waals surface area contributed by atoms with Gasteiger partial charge in [-0.3, -0.25) is 9.58 Å². The highest BCUT2D eigenvalue weighted by atomic mass is 19.1. The van der Waals surface area contributed by atoms with Gasteiger partial charge in [-0.15, -0.1) is 0 Å². The Hall–Kier alpha value is -1.72. The third-order valence-electron chi connectivity index (χ3n) is 5.03. The van der Waals surface area contributed by atoms with Gasteiger partial charge in [-0.05, 0) is 37.0 Å². The first kappa shape index (κ1) is 17.1. The number of aliphatic hydroxyl groups excluding tert-OH is 1. The van der Waals surface area contributed by atoms with Crippen molar-refractivity contribution in [3.8, 4) is 0 Å². The molecule has 0 radical (unpaired) electrons. The maximum absolute atomic E-state index is 13.2. The topological polar surface area (TPSA) is 41.3 Å². The summed E-state index contributed by atoms with van der Waals surface area (Å²) in [5.74, 6) is -0.224. The zero-order valence-electron chi connectivity index (χ0n) is 14.7. The van der Waals surface area contributed by atoms with Gasteiger partial charge in [0.25, 0.3) is 0 Å². The first-order valence-corrected chi connectivity index (χ1v) is 8.74. The minimum atomic E-state index is -0.341. The second kappa shape index (κ2) is 7.03. The van der Waals surface area contributed by atoms with E-state index in [1.165, 1.54) is 23.4 Å². The number of β-amino-alcohol motifs (C(OH)–C–C–N with tert-alkyl or cyclic N) is 1. The molecular formula is C19H26FN3O. The number of nitrogens with zero attached hydrogens (tertiary/aromatic N) is 3. The van der Waals surface area contributed by atoms with Crippen LogP contribution in [0.3, 0.4) is 0 Å². The molecule has 0 amide bonds. The lowest BCUT2D eigenvalue weighted by atomic mass is 10.0. The second-order valence-corrected chi connectivity index (χ2v) is 6.59. The molecule has 1 aliphatic heterocycles. The summed E-state index contributed by atoms with van der Waals surface area (Å²) in [4.78, 5) is 2.30. The molecule has 1 aromatic heterocycles. The molecule has 1 fully saturated rings. The van der Waals surface area contributed by atoms with E-state index < -0.39 is 0 Å². The highest BCUT2D eigenvalue weighted by molar-refractivity contribution is 5.28. The minimum absolute atomic E-state index is 0.121. The molecular weight excluding hydrogens is 305 g/mol. The Kier molecular flexibility index (Phi) is 5.01. The largest absolute Gasteiger partial charge is 0.392 e. The molecule has 0 spiro atoms. The van der Waals surface area contributed by atoms with E-state index in [9.17, 15) is 9.50 Å². The summed E-state index contributed by atoms with van der Waals surface area (Å²) in [6.07, 6.45) is 2.19. The van der Waals surface area contributed by atoms with Crippen molar-refractivity contribution in [1.29, 1.82) is 0 Å². The number of aromatic nitrogens is 2. The fourth-order valence-electron chi connectivity index (χ4n) is 3.86. The van der Waals surface area contributed by atoms with Crippen molar-refractivity contribution in [2.24, 2.45) is 7.05 Å². The maximum atomic E-state index is 13.2. The Morgan fingerprint density at radius 2 is 1.92 bits per heavy atom. The number of benzene rings is 1. The van der Waals surface area contributed by atoms with Crippen molar-refractivity contribution in [2.75, 3.05) is 6.54 Å². The van der Waals surface area contributed by atoms with Crippen LogP contribution in [0.1, 0.15) is 48.8 Å². The van der Waals surface area contributed by atoms with E-state index >= 15 is 0 Å². The molecule has 2 atom stereocenters. The third kappa shape index (κ3) is 3.23. The van der Waals surface area contributed by atoms with Crippen LogP contribution < -0.4 is 0 Å². The third-order valence-corrected chi connectivity index (χ3v) is 5.03. The van der Waals surface area contributed by atoms with Crippen molar-refractivity contribution in [2.45, 2.75) is 51.8 Å². The number of likely N-dealkylation sites (tertiary alicyclic amines) is 1. The van der Waals surface area contributed by atoms with Crippen LogP contribution in [-0.4, -0.2) is 32.4 Å². The van der Waals surface area contributed by atoms with Gasteiger partial charge in [-0.1, -0.05) is 26.0 Å². The average molecular weight is 331 g/mol. The average Bonchev–Trinajstić information content (AvgIpc) is 3.08. The predicted octanol–water partition coefficient (Wildman–Crippen LogP) is 2.99. The Morgan fingerprint density at radius 1 is 1.21 bits per heavy atom. The van der Waals surface area contributed by atoms with E-state index in [1.54, 1.807) is 0 Å². The van der Waals surface area contributed by atoms with E-state index in [0.29, 0.717) is 13.0 Å². The summed E-state index contributed by atoms with van der Waals surface area (Å²) in [6.45, 7) is 5.69. The standard InChI is InChI=1S/C19H26FN3O/c1-4-17-16(18(5-2)22(3)21-17)12-23-11-15(24)10-19(23)13-6-8-14(20)9-7-13/h6-9,15,19,24H,4-5,10-12H2,1-3H3/t15-,19+/m0/s1. The highest BCUT2D eigenvalue weighted by Gasteiger charge is 2.33. The lowest BCUT2D eigenvalue weighted by Gasteiger charge is -2.25. The molecule has 1 aromatic carbocycles. The molecule has 0 saturated carbocycles. The molecule has 0 unspecified atom stereocenters. The molecule has 5 heteroatoms. The zero-order chi connectivity index (χ0) is 17.3. The lowest BCUT2D eigenvalue weighted by Crippen LogP contribution is -2.25. The van der Waals surface area contributed by atoms with Crippen molar-refractivity contribution in [1.82, 2.24) is 14.7 Å². The summed E-state index contributed by atoms with van der Waals surface area (Å²) in [6, 6.07) is 6.77. The maximum Gasteiger partial charge on any atom is 0.123 e. The number of rotatable bonds is 5. The minimum Gasteiger partial charge on any atom is -0.392 e. The fourth-order valence-corrected chi connectivity index (χ4v) is 3.86. The van der Waals surface area contributed by atoms with Gasteiger partial charge >= 0.3 is 0 Å². The number of hydrogen-bond acceptors (Lipinski definition) is 3. The van der Waals surface area contributed by atoms with E-state index in [0.717, 1.165) is 30.6 Å². The summed E-state index contributed by atoms with van der Waals surface area (Å²) >= 11 is 0. The van der Waals surface area contributed by atoms with Gasteiger partial charge < -0.3 is 5.11 Å². The highest BCUT2D eigenvalue weighted by Crippen LogP contribution is 2.34. The Bertz CT molecular complexity index is 695. The van der Waals surface area contributed by atoms with Crippen LogP contribution in [0, 0.1) is 5.82 Å². The van der Waals surface area contributed by atoms with Gasteiger partial charge in [0, 0.05) is 37.4 Å². The quantitative estimate of drug-likeness (QED) is 0.916. The van der Waals surface area contributed by atoms with Crippen molar-refractivity contribution in [3.05, 3.63) is 52.6 Å². The molecule has 0 aliphatic carbocycles. The van der Waals surface area contributed by atoms with Gasteiger partial charge in [-0.25, -0.2) is 4.39 Å². The van der Waals surface area contributed by atoms with E-state index in [-0.39, 0.29) is 18.0 Å². The van der Waals surface area contributed by atoms with Gasteiger partial charge in [-0.2, -0.15) is 5.10 Å². The molecule has 1 N–H and O–H groups in total. The fraction of sp³-hybridized carbons (Fsp3) is 0.526. The first-order chi connectivity index (χ1) is 11.5. The van der Waals surface area contributed by atoms with Crippen LogP contribution in [-0.2, 0) is 26.4 Å². The zero-order valence-corrected chi connectivity index (χ0v) is 14.7. The number of aryl methyl sites for hydroxylation is 2. The molecule has 2 aromatic rings. The number of aliphatic hydroxyl groups is 1. The SMILES string of the molecule is CCc1nn(C)c(CC)c1CN1C[C@@H](O)C[C@@H]1c1ccc(F)cc1. The molecule has 4 nitrogen and oxygen atoms in total. The van der Waals surface area contributed by atoms with Gasteiger partial charge in [0.05, 0.1) is 11.8 Å². The van der Waals surface area contributed by atoms with Crippen LogP contribution in [0.4, 0.5) is 4.39 Å². The number of halogens is 1. The molecule has 1 aliphatic rings. The molecule has 1 saturated heterocycles. The molecule has 130 valence electrons. The first-order valence-electron chi connectivity index (χ1n) is 8.74. The van der Waals surface area contributed by atoms with E-state index in [4.69, 9.17) is 0 Å². The summed E-state index contributed by atoms with van der Waals surface area (Å²) in [5, 5.41) is 14.8. The van der Waals surface area contributed by atoms with Crippen LogP contribution >= 0.6 is 0 Å². The van der Waals surface area contributed by atoms with Crippen LogP contribution in [0.5, 0.6) is 0 Å². The van der Waals surface area contributed by atoms with E-state index in [1.807, 2.05) is 23.9 Å². The molecule has 0 bridgehead atoms. The lowest BCUT2D eigenvalue weighted by molar-refractivity contribution is 0.172. The Labute approximate surface area is 142 Å². The molecule has 24 heavy (non-hydrogen) atoms. The summed E-state index contributed by atoms with van der Waals surface area (Å²) < 4.78 is 15.2.